The van der Waals surface area contributed by atoms with Gasteiger partial charge in [0.15, 0.2) is 10.8 Å². The average Bonchev–Trinajstić information content (AvgIpc) is 3.29. The van der Waals surface area contributed by atoms with Crippen molar-refractivity contribution >= 4 is 32.6 Å². The summed E-state index contributed by atoms with van der Waals surface area (Å²) in [6.45, 7) is 8.52. The lowest BCUT2D eigenvalue weighted by molar-refractivity contribution is 0.0979. The van der Waals surface area contributed by atoms with Crippen LogP contribution < -0.4 is 4.90 Å². The number of hydrogen-bond donors (Lipinski definition) is 0. The van der Waals surface area contributed by atoms with Gasteiger partial charge in [-0.25, -0.2) is 4.98 Å². The number of pyridine rings is 1. The van der Waals surface area contributed by atoms with E-state index in [0.29, 0.717) is 17.4 Å². The molecule has 0 bridgehead atoms. The molecule has 0 N–H and O–H groups in total. The molecule has 0 atom stereocenters. The van der Waals surface area contributed by atoms with E-state index in [1.54, 1.807) is 17.3 Å². The molecule has 148 valence electrons. The van der Waals surface area contributed by atoms with Crippen LogP contribution in [0.15, 0.2) is 48.8 Å². The fourth-order valence-corrected chi connectivity index (χ4v) is 4.35. The number of anilines is 1. The molecule has 3 heterocycles. The molecule has 7 heteroatoms. The Morgan fingerprint density at radius 3 is 2.72 bits per heavy atom. The van der Waals surface area contributed by atoms with Gasteiger partial charge in [0.05, 0.1) is 16.8 Å². The van der Waals surface area contributed by atoms with Crippen LogP contribution in [0.1, 0.15) is 47.2 Å². The van der Waals surface area contributed by atoms with Crippen LogP contribution in [0.5, 0.6) is 0 Å². The van der Waals surface area contributed by atoms with Crippen LogP contribution in [0.2, 0.25) is 0 Å². The fraction of sp³-hybridized carbons (Fsp3) is 0.273. The van der Waals surface area contributed by atoms with Gasteiger partial charge in [-0.05, 0) is 63.1 Å². The molecule has 1 amide bonds. The van der Waals surface area contributed by atoms with E-state index in [1.165, 1.54) is 16.9 Å². The molecule has 0 saturated carbocycles. The summed E-state index contributed by atoms with van der Waals surface area (Å²) >= 11 is 1.52. The van der Waals surface area contributed by atoms with Crippen molar-refractivity contribution in [2.24, 2.45) is 0 Å². The zero-order valence-electron chi connectivity index (χ0n) is 17.0. The number of fused-ring (bicyclic) bond motifs is 1. The van der Waals surface area contributed by atoms with E-state index in [4.69, 9.17) is 4.98 Å². The summed E-state index contributed by atoms with van der Waals surface area (Å²) in [7, 11) is 0. The maximum absolute atomic E-state index is 13.5. The van der Waals surface area contributed by atoms with Gasteiger partial charge < -0.3 is 0 Å². The third-order valence-corrected chi connectivity index (χ3v) is 5.74. The maximum Gasteiger partial charge on any atom is 0.280 e. The third-order valence-electron chi connectivity index (χ3n) is 4.70. The van der Waals surface area contributed by atoms with E-state index in [1.807, 2.05) is 41.9 Å². The highest BCUT2D eigenvalue weighted by molar-refractivity contribution is 7.22. The maximum atomic E-state index is 13.5. The Morgan fingerprint density at radius 2 is 2.03 bits per heavy atom. The lowest BCUT2D eigenvalue weighted by atomic mass is 10.2. The molecule has 0 spiro atoms. The average molecular weight is 406 g/mol. The van der Waals surface area contributed by atoms with Crippen molar-refractivity contribution in [2.75, 3.05) is 4.90 Å². The molecule has 0 aliphatic heterocycles. The second-order valence-corrected chi connectivity index (χ2v) is 8.44. The quantitative estimate of drug-likeness (QED) is 0.472. The second-order valence-electron chi connectivity index (χ2n) is 7.43. The van der Waals surface area contributed by atoms with Crippen LogP contribution in [-0.4, -0.2) is 25.7 Å². The molecular weight excluding hydrogens is 382 g/mol. The molecule has 3 aromatic heterocycles. The molecule has 0 fully saturated rings. The van der Waals surface area contributed by atoms with E-state index >= 15 is 0 Å². The van der Waals surface area contributed by atoms with Gasteiger partial charge in [0.25, 0.3) is 5.91 Å². The summed E-state index contributed by atoms with van der Waals surface area (Å²) in [5.41, 5.74) is 4.39. The van der Waals surface area contributed by atoms with Gasteiger partial charge in [-0.15, -0.1) is 0 Å². The number of aryl methyl sites for hydroxylation is 2. The van der Waals surface area contributed by atoms with Crippen LogP contribution >= 0.6 is 11.3 Å². The summed E-state index contributed by atoms with van der Waals surface area (Å²) in [5.74, 6) is -0.160. The van der Waals surface area contributed by atoms with Gasteiger partial charge in [0, 0.05) is 24.1 Å². The summed E-state index contributed by atoms with van der Waals surface area (Å²) < 4.78 is 2.94. The Hall–Kier alpha value is -3.06. The van der Waals surface area contributed by atoms with E-state index < -0.39 is 0 Å². The molecule has 0 aliphatic rings. The van der Waals surface area contributed by atoms with E-state index in [2.05, 4.69) is 36.9 Å². The highest BCUT2D eigenvalue weighted by Crippen LogP contribution is 2.31. The largest absolute Gasteiger partial charge is 0.280 e. The van der Waals surface area contributed by atoms with Gasteiger partial charge in [0.2, 0.25) is 0 Å². The smallest absolute Gasteiger partial charge is 0.278 e. The van der Waals surface area contributed by atoms with Crippen molar-refractivity contribution in [3.05, 3.63) is 71.3 Å². The molecule has 29 heavy (non-hydrogen) atoms. The highest BCUT2D eigenvalue weighted by atomic mass is 32.1. The first-order chi connectivity index (χ1) is 13.9. The molecule has 1 aromatic carbocycles. The standard InChI is InChI=1S/C22H23N5OS/c1-14(2)27-16(4)11-19(25-27)21(28)26(13-17-6-5-9-23-12-17)22-24-18-8-7-15(3)10-20(18)29-22/h5-12,14H,13H2,1-4H3. The number of nitrogens with zero attached hydrogens (tertiary/aromatic N) is 5. The zero-order chi connectivity index (χ0) is 20.5. The van der Waals surface area contributed by atoms with Crippen molar-refractivity contribution in [1.29, 1.82) is 0 Å². The summed E-state index contributed by atoms with van der Waals surface area (Å²) in [4.78, 5) is 24.1. The molecule has 6 nitrogen and oxygen atoms in total. The normalized spacial score (nSPS) is 11.3. The van der Waals surface area contributed by atoms with Crippen LogP contribution in [0.3, 0.4) is 0 Å². The van der Waals surface area contributed by atoms with Gasteiger partial charge in [-0.3, -0.25) is 19.4 Å². The minimum Gasteiger partial charge on any atom is -0.278 e. The number of benzene rings is 1. The van der Waals surface area contributed by atoms with E-state index in [9.17, 15) is 4.79 Å². The lowest BCUT2D eigenvalue weighted by Gasteiger charge is -2.18. The lowest BCUT2D eigenvalue weighted by Crippen LogP contribution is -2.31. The number of thiazole rings is 1. The van der Waals surface area contributed by atoms with Crippen molar-refractivity contribution in [3.8, 4) is 0 Å². The minimum atomic E-state index is -0.160. The minimum absolute atomic E-state index is 0.160. The molecular formula is C22H23N5OS. The molecule has 0 radical (unpaired) electrons. The van der Waals surface area contributed by atoms with Crippen molar-refractivity contribution in [1.82, 2.24) is 19.7 Å². The van der Waals surface area contributed by atoms with Gasteiger partial charge in [0.1, 0.15) is 0 Å². The molecule has 0 aliphatic carbocycles. The fourth-order valence-electron chi connectivity index (χ4n) is 3.29. The number of amides is 1. The Balaban J connectivity index is 1.76. The summed E-state index contributed by atoms with van der Waals surface area (Å²) in [6, 6.07) is 12.0. The number of carbonyl (C=O) groups is 1. The van der Waals surface area contributed by atoms with Gasteiger partial charge in [-0.2, -0.15) is 5.10 Å². The third kappa shape index (κ3) is 3.91. The monoisotopic (exact) mass is 405 g/mol. The topological polar surface area (TPSA) is 63.9 Å². The van der Waals surface area contributed by atoms with Gasteiger partial charge in [-0.1, -0.05) is 23.5 Å². The zero-order valence-corrected chi connectivity index (χ0v) is 17.8. The van der Waals surface area contributed by atoms with E-state index in [-0.39, 0.29) is 11.9 Å². The van der Waals surface area contributed by atoms with Crippen LogP contribution in [-0.2, 0) is 6.54 Å². The number of aromatic nitrogens is 4. The van der Waals surface area contributed by atoms with Crippen molar-refractivity contribution in [3.63, 3.8) is 0 Å². The Kier molecular flexibility index (Phi) is 5.15. The summed E-state index contributed by atoms with van der Waals surface area (Å²) in [5, 5.41) is 5.22. The second kappa shape index (κ2) is 7.75. The highest BCUT2D eigenvalue weighted by Gasteiger charge is 2.25. The summed E-state index contributed by atoms with van der Waals surface area (Å²) in [6.07, 6.45) is 3.50. The molecule has 0 unspecified atom stereocenters. The van der Waals surface area contributed by atoms with E-state index in [0.717, 1.165) is 21.5 Å². The Morgan fingerprint density at radius 1 is 1.21 bits per heavy atom. The first-order valence-electron chi connectivity index (χ1n) is 9.56. The molecule has 4 aromatic rings. The van der Waals surface area contributed by atoms with Crippen LogP contribution in [0.4, 0.5) is 5.13 Å². The first-order valence-corrected chi connectivity index (χ1v) is 10.4. The predicted molar refractivity (Wildman–Crippen MR) is 116 cm³/mol. The molecule has 4 rings (SSSR count). The predicted octanol–water partition coefficient (Wildman–Crippen LogP) is 4.93. The van der Waals surface area contributed by atoms with Crippen molar-refractivity contribution in [2.45, 2.75) is 40.3 Å². The Bertz CT molecular complexity index is 1160. The Labute approximate surface area is 173 Å². The number of carbonyl (C=O) groups excluding carboxylic acids is 1. The van der Waals surface area contributed by atoms with Crippen LogP contribution in [0, 0.1) is 13.8 Å². The number of hydrogen-bond acceptors (Lipinski definition) is 5. The van der Waals surface area contributed by atoms with Crippen LogP contribution in [0.25, 0.3) is 10.2 Å². The van der Waals surface area contributed by atoms with Crippen molar-refractivity contribution < 1.29 is 4.79 Å². The van der Waals surface area contributed by atoms with Gasteiger partial charge >= 0.3 is 0 Å². The SMILES string of the molecule is Cc1ccc2nc(N(Cc3cccnc3)C(=O)c3cc(C)n(C(C)C)n3)sc2c1. The molecule has 0 saturated heterocycles. The number of rotatable bonds is 5. The first kappa shape index (κ1) is 19.3.